The Labute approximate surface area is 231 Å². The summed E-state index contributed by atoms with van der Waals surface area (Å²) in [7, 11) is 0. The van der Waals surface area contributed by atoms with Crippen LogP contribution in [0.2, 0.25) is 0 Å². The summed E-state index contributed by atoms with van der Waals surface area (Å²) in [6.45, 7) is 10.2. The number of para-hydroxylation sites is 2. The van der Waals surface area contributed by atoms with Gasteiger partial charge >= 0.3 is 12.1 Å². The number of esters is 1. The van der Waals surface area contributed by atoms with Crippen molar-refractivity contribution in [3.8, 4) is 11.5 Å². The van der Waals surface area contributed by atoms with Gasteiger partial charge in [-0.3, -0.25) is 0 Å². The van der Waals surface area contributed by atoms with Crippen LogP contribution in [-0.4, -0.2) is 12.1 Å². The quantitative estimate of drug-likeness (QED) is 0.180. The number of carbonyl (C=O) groups is 2. The molecule has 0 atom stereocenters. The third-order valence-electron chi connectivity index (χ3n) is 6.44. The summed E-state index contributed by atoms with van der Waals surface area (Å²) in [6, 6.07) is 29.8. The molecule has 5 heteroatoms. The first-order chi connectivity index (χ1) is 18.7. The normalized spacial score (nSPS) is 11.1. The highest BCUT2D eigenvalue weighted by Crippen LogP contribution is 2.38. The van der Waals surface area contributed by atoms with Crippen LogP contribution in [0.15, 0.2) is 97.1 Å². The smallest absolute Gasteiger partial charge is 0.419 e. The molecule has 4 aromatic carbocycles. The molecule has 0 bridgehead atoms. The zero-order valence-electron chi connectivity index (χ0n) is 23.2. The fraction of sp³-hybridized carbons (Fsp3) is 0.235. The van der Waals surface area contributed by atoms with Crippen molar-refractivity contribution < 1.29 is 19.1 Å². The summed E-state index contributed by atoms with van der Waals surface area (Å²) in [5, 5.41) is 0. The molecule has 0 aliphatic rings. The van der Waals surface area contributed by atoms with Gasteiger partial charge in [0.05, 0.1) is 16.9 Å². The maximum atomic E-state index is 13.7. The average molecular weight is 522 g/mol. The lowest BCUT2D eigenvalue weighted by Crippen LogP contribution is -2.29. The van der Waals surface area contributed by atoms with Crippen molar-refractivity contribution in [2.75, 3.05) is 4.90 Å². The monoisotopic (exact) mass is 521 g/mol. The molecule has 1 amide bonds. The zero-order valence-corrected chi connectivity index (χ0v) is 23.2. The lowest BCUT2D eigenvalue weighted by Gasteiger charge is -2.25. The molecule has 0 heterocycles. The van der Waals surface area contributed by atoms with Gasteiger partial charge in [-0.2, -0.15) is 0 Å². The Bertz CT molecular complexity index is 1380. The second-order valence-corrected chi connectivity index (χ2v) is 10.6. The first-order valence-corrected chi connectivity index (χ1v) is 13.3. The number of amides is 1. The van der Waals surface area contributed by atoms with Gasteiger partial charge in [0.2, 0.25) is 0 Å². The third kappa shape index (κ3) is 6.74. The largest absolute Gasteiger partial charge is 0.424 e. The maximum absolute atomic E-state index is 13.7. The van der Waals surface area contributed by atoms with Crippen LogP contribution in [0.1, 0.15) is 61.2 Å². The molecule has 4 rings (SSSR count). The number of nitrogens with zero attached hydrogens (tertiary/aromatic N) is 1. The van der Waals surface area contributed by atoms with E-state index >= 15 is 0 Å². The van der Waals surface area contributed by atoms with Crippen LogP contribution in [0.5, 0.6) is 11.5 Å². The second-order valence-electron chi connectivity index (χ2n) is 10.6. The van der Waals surface area contributed by atoms with Crippen LogP contribution in [0.4, 0.5) is 16.2 Å². The molecular weight excluding hydrogens is 486 g/mol. The summed E-state index contributed by atoms with van der Waals surface area (Å²) >= 11 is 0. The Balaban J connectivity index is 1.71. The van der Waals surface area contributed by atoms with Crippen molar-refractivity contribution in [1.29, 1.82) is 0 Å². The average Bonchev–Trinajstić information content (AvgIpc) is 2.92. The Morgan fingerprint density at radius 2 is 1.33 bits per heavy atom. The fourth-order valence-electron chi connectivity index (χ4n) is 4.28. The number of anilines is 2. The van der Waals surface area contributed by atoms with Gasteiger partial charge in [0.15, 0.2) is 11.5 Å². The predicted octanol–water partition coefficient (Wildman–Crippen LogP) is 8.80. The lowest BCUT2D eigenvalue weighted by atomic mass is 9.86. The Hall–Kier alpha value is -4.38. The van der Waals surface area contributed by atoms with E-state index in [1.54, 1.807) is 18.2 Å². The van der Waals surface area contributed by atoms with Gasteiger partial charge in [-0.1, -0.05) is 88.7 Å². The van der Waals surface area contributed by atoms with Crippen LogP contribution < -0.4 is 14.4 Å². The predicted molar refractivity (Wildman–Crippen MR) is 156 cm³/mol. The minimum atomic E-state index is -0.611. The summed E-state index contributed by atoms with van der Waals surface area (Å²) in [5.41, 5.74) is 4.35. The molecule has 5 nitrogen and oxygen atoms in total. The van der Waals surface area contributed by atoms with Gasteiger partial charge in [0.25, 0.3) is 0 Å². The summed E-state index contributed by atoms with van der Waals surface area (Å²) in [6.07, 6.45) is 1.36. The number of aryl methyl sites for hydroxylation is 2. The molecule has 0 aliphatic heterocycles. The third-order valence-corrected chi connectivity index (χ3v) is 6.44. The first-order valence-electron chi connectivity index (χ1n) is 13.3. The van der Waals surface area contributed by atoms with E-state index in [9.17, 15) is 9.59 Å². The molecule has 0 radical (unpaired) electrons. The molecule has 0 fully saturated rings. The van der Waals surface area contributed by atoms with E-state index < -0.39 is 12.1 Å². The van der Waals surface area contributed by atoms with Crippen molar-refractivity contribution in [2.24, 2.45) is 0 Å². The molecule has 0 aromatic heterocycles. The van der Waals surface area contributed by atoms with E-state index in [0.717, 1.165) is 24.0 Å². The van der Waals surface area contributed by atoms with E-state index in [1.165, 1.54) is 4.90 Å². The highest BCUT2D eigenvalue weighted by atomic mass is 16.6. The van der Waals surface area contributed by atoms with Crippen LogP contribution >= 0.6 is 0 Å². The van der Waals surface area contributed by atoms with Crippen LogP contribution in [0.25, 0.3) is 0 Å². The fourth-order valence-corrected chi connectivity index (χ4v) is 4.28. The molecule has 200 valence electrons. The molecule has 0 saturated heterocycles. The second kappa shape index (κ2) is 12.0. The number of benzene rings is 4. The topological polar surface area (TPSA) is 55.8 Å². The Kier molecular flexibility index (Phi) is 8.50. The Morgan fingerprint density at radius 1 is 0.769 bits per heavy atom. The number of ether oxygens (including phenoxy) is 2. The minimum absolute atomic E-state index is 0.206. The van der Waals surface area contributed by atoms with E-state index in [4.69, 9.17) is 9.47 Å². The lowest BCUT2D eigenvalue weighted by molar-refractivity contribution is 0.0729. The highest BCUT2D eigenvalue weighted by Gasteiger charge is 2.26. The minimum Gasteiger partial charge on any atom is -0.419 e. The zero-order chi connectivity index (χ0) is 28.0. The standard InChI is InChI=1S/C34H35NO4/c1-6-13-25-18-20-26(21-19-25)32(36)38-30-23-27(34(3,4)5)22-24(2)31(30)39-33(37)35(28-14-9-7-10-15-28)29-16-11-8-12-17-29/h7-12,14-23H,6,13H2,1-5H3. The van der Waals surface area contributed by atoms with Gasteiger partial charge < -0.3 is 9.47 Å². The molecule has 0 N–H and O–H groups in total. The number of rotatable bonds is 7. The summed E-state index contributed by atoms with van der Waals surface area (Å²) in [4.78, 5) is 28.4. The van der Waals surface area contributed by atoms with Crippen molar-refractivity contribution >= 4 is 23.4 Å². The number of hydrogen-bond donors (Lipinski definition) is 0. The molecule has 0 spiro atoms. The number of hydrogen-bond acceptors (Lipinski definition) is 4. The summed E-state index contributed by atoms with van der Waals surface area (Å²) < 4.78 is 11.9. The maximum Gasteiger partial charge on any atom is 0.424 e. The van der Waals surface area contributed by atoms with Crippen molar-refractivity contribution in [3.63, 3.8) is 0 Å². The molecule has 0 unspecified atom stereocenters. The molecule has 0 saturated carbocycles. The van der Waals surface area contributed by atoms with Gasteiger partial charge in [-0.05, 0) is 77.9 Å². The van der Waals surface area contributed by atoms with Crippen LogP contribution in [0, 0.1) is 6.92 Å². The van der Waals surface area contributed by atoms with Gasteiger partial charge in [-0.15, -0.1) is 0 Å². The van der Waals surface area contributed by atoms with Crippen molar-refractivity contribution in [2.45, 2.75) is 52.9 Å². The van der Waals surface area contributed by atoms with Gasteiger partial charge in [0, 0.05) is 0 Å². The summed E-state index contributed by atoms with van der Waals surface area (Å²) in [5.74, 6) is -0.0958. The van der Waals surface area contributed by atoms with Crippen molar-refractivity contribution in [1.82, 2.24) is 0 Å². The molecular formula is C34H35NO4. The van der Waals surface area contributed by atoms with Crippen LogP contribution in [0.3, 0.4) is 0 Å². The molecule has 39 heavy (non-hydrogen) atoms. The Morgan fingerprint density at radius 3 is 1.85 bits per heavy atom. The van der Waals surface area contributed by atoms with E-state index in [2.05, 4.69) is 27.7 Å². The molecule has 4 aromatic rings. The van der Waals surface area contributed by atoms with Crippen molar-refractivity contribution in [3.05, 3.63) is 119 Å². The van der Waals surface area contributed by atoms with Gasteiger partial charge in [0.1, 0.15) is 0 Å². The van der Waals surface area contributed by atoms with Gasteiger partial charge in [-0.25, -0.2) is 14.5 Å². The van der Waals surface area contributed by atoms with E-state index in [0.29, 0.717) is 22.5 Å². The first kappa shape index (κ1) is 27.6. The highest BCUT2D eigenvalue weighted by molar-refractivity contribution is 5.97. The number of carbonyl (C=O) groups excluding carboxylic acids is 2. The van der Waals surface area contributed by atoms with Crippen LogP contribution in [-0.2, 0) is 11.8 Å². The molecule has 0 aliphatic carbocycles. The van der Waals surface area contributed by atoms with E-state index in [1.807, 2.05) is 85.8 Å². The van der Waals surface area contributed by atoms with E-state index in [-0.39, 0.29) is 16.9 Å². The SMILES string of the molecule is CCCc1ccc(C(=O)Oc2cc(C(C)(C)C)cc(C)c2OC(=O)N(c2ccccc2)c2ccccc2)cc1.